The lowest BCUT2D eigenvalue weighted by atomic mass is 9.90. The fourth-order valence-corrected chi connectivity index (χ4v) is 3.67. The highest BCUT2D eigenvalue weighted by Gasteiger charge is 2.27. The highest BCUT2D eigenvalue weighted by Crippen LogP contribution is 2.28. The molecule has 16 heavy (non-hydrogen) atoms. The third kappa shape index (κ3) is 3.46. The van der Waals surface area contributed by atoms with Gasteiger partial charge in [0, 0.05) is 25.7 Å². The molecular weight excluding hydrogens is 196 g/mol. The summed E-state index contributed by atoms with van der Waals surface area (Å²) in [6.45, 7) is 6.09. The number of likely N-dealkylation sites (tertiary alicyclic amines) is 1. The number of hydrogen-bond acceptors (Lipinski definition) is 2. The van der Waals surface area contributed by atoms with Crippen molar-refractivity contribution in [2.75, 3.05) is 19.6 Å². The van der Waals surface area contributed by atoms with Crippen molar-refractivity contribution in [3.63, 3.8) is 0 Å². The maximum absolute atomic E-state index is 6.18. The fourth-order valence-electron chi connectivity index (χ4n) is 3.67. The van der Waals surface area contributed by atoms with Gasteiger partial charge in [-0.1, -0.05) is 26.2 Å². The van der Waals surface area contributed by atoms with Crippen LogP contribution in [-0.4, -0.2) is 30.6 Å². The van der Waals surface area contributed by atoms with E-state index in [1.54, 1.807) is 0 Å². The second-order valence-corrected chi connectivity index (χ2v) is 6.02. The van der Waals surface area contributed by atoms with Gasteiger partial charge in [0.25, 0.3) is 0 Å². The molecule has 2 nitrogen and oxygen atoms in total. The van der Waals surface area contributed by atoms with Crippen molar-refractivity contribution in [1.82, 2.24) is 4.90 Å². The molecule has 1 aliphatic heterocycles. The molecule has 0 aromatic rings. The van der Waals surface area contributed by atoms with Crippen LogP contribution in [0.25, 0.3) is 0 Å². The third-order valence-electron chi connectivity index (χ3n) is 4.33. The van der Waals surface area contributed by atoms with Crippen molar-refractivity contribution in [3.8, 4) is 0 Å². The maximum atomic E-state index is 6.18. The molecule has 1 saturated carbocycles. The van der Waals surface area contributed by atoms with Gasteiger partial charge in [-0.3, -0.25) is 0 Å². The fraction of sp³-hybridized carbons (Fsp3) is 1.00. The first-order chi connectivity index (χ1) is 7.78. The Bertz CT molecular complexity index is 199. The number of nitrogens with zero attached hydrogens (tertiary/aromatic N) is 1. The van der Waals surface area contributed by atoms with E-state index in [2.05, 4.69) is 11.8 Å². The van der Waals surface area contributed by atoms with E-state index in [9.17, 15) is 0 Å². The zero-order valence-corrected chi connectivity index (χ0v) is 10.8. The smallest absolute Gasteiger partial charge is 0.0170 e. The van der Waals surface area contributed by atoms with Crippen LogP contribution in [0.5, 0.6) is 0 Å². The molecule has 2 N–H and O–H groups in total. The lowest BCUT2D eigenvalue weighted by molar-refractivity contribution is 0.131. The van der Waals surface area contributed by atoms with Crippen LogP contribution >= 0.6 is 0 Å². The van der Waals surface area contributed by atoms with Gasteiger partial charge in [0.2, 0.25) is 0 Å². The Kier molecular flexibility index (Phi) is 4.66. The molecule has 0 radical (unpaired) electrons. The average molecular weight is 224 g/mol. The van der Waals surface area contributed by atoms with E-state index in [1.807, 2.05) is 0 Å². The molecule has 0 bridgehead atoms. The molecule has 0 aromatic carbocycles. The van der Waals surface area contributed by atoms with Crippen LogP contribution in [0.2, 0.25) is 0 Å². The monoisotopic (exact) mass is 224 g/mol. The second kappa shape index (κ2) is 6.02. The van der Waals surface area contributed by atoms with E-state index in [-0.39, 0.29) is 0 Å². The number of nitrogens with two attached hydrogens (primary N) is 1. The first kappa shape index (κ1) is 12.4. The van der Waals surface area contributed by atoms with E-state index in [0.29, 0.717) is 6.04 Å². The Morgan fingerprint density at radius 2 is 1.88 bits per heavy atom. The molecule has 2 atom stereocenters. The van der Waals surface area contributed by atoms with Gasteiger partial charge < -0.3 is 10.6 Å². The van der Waals surface area contributed by atoms with Crippen molar-refractivity contribution < 1.29 is 0 Å². The first-order valence-corrected chi connectivity index (χ1v) is 7.26. The van der Waals surface area contributed by atoms with Gasteiger partial charge in [0.1, 0.15) is 0 Å². The summed E-state index contributed by atoms with van der Waals surface area (Å²) in [7, 11) is 0. The van der Waals surface area contributed by atoms with Crippen LogP contribution in [0.15, 0.2) is 0 Å². The summed E-state index contributed by atoms with van der Waals surface area (Å²) < 4.78 is 0. The SMILES string of the molecule is CCCC1CC(N)CN(CC2CCCC2)C1. The van der Waals surface area contributed by atoms with Crippen LogP contribution in [0, 0.1) is 11.8 Å². The quantitative estimate of drug-likeness (QED) is 0.795. The molecule has 0 spiro atoms. The normalized spacial score (nSPS) is 33.4. The predicted octanol–water partition coefficient (Wildman–Crippen LogP) is 2.63. The van der Waals surface area contributed by atoms with E-state index < -0.39 is 0 Å². The largest absolute Gasteiger partial charge is 0.327 e. The molecular formula is C14H28N2. The number of rotatable bonds is 4. The van der Waals surface area contributed by atoms with Crippen LogP contribution in [-0.2, 0) is 0 Å². The summed E-state index contributed by atoms with van der Waals surface area (Å²) in [6, 6.07) is 0.437. The molecule has 2 rings (SSSR count). The minimum absolute atomic E-state index is 0.437. The van der Waals surface area contributed by atoms with Crippen molar-refractivity contribution in [1.29, 1.82) is 0 Å². The number of hydrogen-bond donors (Lipinski definition) is 1. The highest BCUT2D eigenvalue weighted by atomic mass is 15.2. The van der Waals surface area contributed by atoms with E-state index in [4.69, 9.17) is 5.73 Å². The van der Waals surface area contributed by atoms with Crippen LogP contribution < -0.4 is 5.73 Å². The van der Waals surface area contributed by atoms with Crippen molar-refractivity contribution in [3.05, 3.63) is 0 Å². The van der Waals surface area contributed by atoms with Gasteiger partial charge in [-0.15, -0.1) is 0 Å². The van der Waals surface area contributed by atoms with E-state index in [1.165, 1.54) is 58.0 Å². The zero-order chi connectivity index (χ0) is 11.4. The summed E-state index contributed by atoms with van der Waals surface area (Å²) >= 11 is 0. The number of piperidine rings is 1. The molecule has 1 aliphatic carbocycles. The van der Waals surface area contributed by atoms with Crippen LogP contribution in [0.4, 0.5) is 0 Å². The summed E-state index contributed by atoms with van der Waals surface area (Å²) in [6.07, 6.45) is 9.79. The summed E-state index contributed by atoms with van der Waals surface area (Å²) in [4.78, 5) is 2.66. The lowest BCUT2D eigenvalue weighted by Gasteiger charge is -2.37. The summed E-state index contributed by atoms with van der Waals surface area (Å²) in [5.74, 6) is 1.85. The van der Waals surface area contributed by atoms with Gasteiger partial charge in [-0.2, -0.15) is 0 Å². The van der Waals surface area contributed by atoms with Crippen molar-refractivity contribution >= 4 is 0 Å². The molecule has 0 aromatic heterocycles. The first-order valence-electron chi connectivity index (χ1n) is 7.26. The molecule has 0 amide bonds. The standard InChI is InChI=1S/C14H28N2/c1-2-5-13-8-14(15)11-16(10-13)9-12-6-3-4-7-12/h12-14H,2-11,15H2,1H3. The van der Waals surface area contributed by atoms with Crippen molar-refractivity contribution in [2.45, 2.75) is 57.9 Å². The predicted molar refractivity (Wildman–Crippen MR) is 69.4 cm³/mol. The van der Waals surface area contributed by atoms with Gasteiger partial charge in [0.05, 0.1) is 0 Å². The van der Waals surface area contributed by atoms with Gasteiger partial charge in [-0.05, 0) is 37.5 Å². The summed E-state index contributed by atoms with van der Waals surface area (Å²) in [5, 5.41) is 0. The van der Waals surface area contributed by atoms with Gasteiger partial charge in [0.15, 0.2) is 0 Å². The molecule has 2 unspecified atom stereocenters. The molecule has 94 valence electrons. The second-order valence-electron chi connectivity index (χ2n) is 6.02. The van der Waals surface area contributed by atoms with Gasteiger partial charge >= 0.3 is 0 Å². The van der Waals surface area contributed by atoms with Crippen LogP contribution in [0.3, 0.4) is 0 Å². The van der Waals surface area contributed by atoms with Gasteiger partial charge in [-0.25, -0.2) is 0 Å². The summed E-state index contributed by atoms with van der Waals surface area (Å²) in [5.41, 5.74) is 6.18. The van der Waals surface area contributed by atoms with Crippen molar-refractivity contribution in [2.24, 2.45) is 17.6 Å². The molecule has 1 heterocycles. The molecule has 2 fully saturated rings. The minimum Gasteiger partial charge on any atom is -0.327 e. The lowest BCUT2D eigenvalue weighted by Crippen LogP contribution is -2.48. The average Bonchev–Trinajstić information content (AvgIpc) is 2.70. The highest BCUT2D eigenvalue weighted by molar-refractivity contribution is 4.83. The Hall–Kier alpha value is -0.0800. The Morgan fingerprint density at radius 3 is 2.56 bits per heavy atom. The molecule has 1 saturated heterocycles. The Balaban J connectivity index is 1.78. The molecule has 2 heteroatoms. The maximum Gasteiger partial charge on any atom is 0.0170 e. The third-order valence-corrected chi connectivity index (χ3v) is 4.33. The zero-order valence-electron chi connectivity index (χ0n) is 10.8. The van der Waals surface area contributed by atoms with E-state index >= 15 is 0 Å². The van der Waals surface area contributed by atoms with Crippen LogP contribution in [0.1, 0.15) is 51.9 Å². The topological polar surface area (TPSA) is 29.3 Å². The Labute approximate surface area is 101 Å². The van der Waals surface area contributed by atoms with E-state index in [0.717, 1.165) is 18.4 Å². The minimum atomic E-state index is 0.437. The molecule has 2 aliphatic rings. The Morgan fingerprint density at radius 1 is 1.12 bits per heavy atom.